The number of nitrogens with one attached hydrogen (secondary N) is 1. The molecule has 0 bridgehead atoms. The van der Waals surface area contributed by atoms with E-state index in [9.17, 15) is 0 Å². The Labute approximate surface area is 108 Å². The average Bonchev–Trinajstić information content (AvgIpc) is 2.38. The number of anilines is 2. The minimum atomic E-state index is -0.00620. The van der Waals surface area contributed by atoms with Crippen LogP contribution in [0.25, 0.3) is 0 Å². The molecule has 0 radical (unpaired) electrons. The SMILES string of the molecule is CCC(C)N=C1Nc2ccc(N)cc2OC1CC. The molecule has 4 nitrogen and oxygen atoms in total. The lowest BCUT2D eigenvalue weighted by Crippen LogP contribution is -2.37. The van der Waals surface area contributed by atoms with Crippen molar-refractivity contribution in [3.63, 3.8) is 0 Å². The first-order valence-electron chi connectivity index (χ1n) is 6.55. The van der Waals surface area contributed by atoms with Gasteiger partial charge >= 0.3 is 0 Å². The van der Waals surface area contributed by atoms with Gasteiger partial charge in [-0.3, -0.25) is 4.99 Å². The van der Waals surface area contributed by atoms with Crippen molar-refractivity contribution in [1.29, 1.82) is 0 Å². The number of fused-ring (bicyclic) bond motifs is 1. The fourth-order valence-electron chi connectivity index (χ4n) is 1.89. The molecule has 0 aliphatic carbocycles. The quantitative estimate of drug-likeness (QED) is 0.807. The van der Waals surface area contributed by atoms with E-state index in [0.717, 1.165) is 30.1 Å². The summed E-state index contributed by atoms with van der Waals surface area (Å²) in [5, 5.41) is 3.36. The largest absolute Gasteiger partial charge is 0.480 e. The summed E-state index contributed by atoms with van der Waals surface area (Å²) in [5.41, 5.74) is 7.42. The maximum Gasteiger partial charge on any atom is 0.155 e. The van der Waals surface area contributed by atoms with E-state index < -0.39 is 0 Å². The number of hydrogen-bond acceptors (Lipinski definition) is 3. The minimum absolute atomic E-state index is 0.00620. The molecule has 1 aromatic carbocycles. The Kier molecular flexibility index (Phi) is 3.75. The summed E-state index contributed by atoms with van der Waals surface area (Å²) in [6.45, 7) is 6.34. The van der Waals surface area contributed by atoms with Gasteiger partial charge < -0.3 is 15.8 Å². The third-order valence-corrected chi connectivity index (χ3v) is 3.16. The number of aliphatic imine (C=N–C) groups is 1. The Morgan fingerprint density at radius 2 is 2.22 bits per heavy atom. The zero-order valence-corrected chi connectivity index (χ0v) is 11.2. The zero-order chi connectivity index (χ0) is 13.1. The molecule has 0 saturated carbocycles. The van der Waals surface area contributed by atoms with Crippen LogP contribution in [0.2, 0.25) is 0 Å². The van der Waals surface area contributed by atoms with Crippen molar-refractivity contribution in [2.45, 2.75) is 45.8 Å². The van der Waals surface area contributed by atoms with E-state index >= 15 is 0 Å². The normalized spacial score (nSPS) is 21.9. The fraction of sp³-hybridized carbons (Fsp3) is 0.500. The van der Waals surface area contributed by atoms with Crippen LogP contribution in [0.4, 0.5) is 11.4 Å². The number of ether oxygens (including phenoxy) is 1. The van der Waals surface area contributed by atoms with Crippen molar-refractivity contribution in [3.8, 4) is 5.75 Å². The van der Waals surface area contributed by atoms with Gasteiger partial charge in [0.25, 0.3) is 0 Å². The molecule has 98 valence electrons. The number of benzene rings is 1. The lowest BCUT2D eigenvalue weighted by molar-refractivity contribution is 0.258. The Balaban J connectivity index is 2.30. The van der Waals surface area contributed by atoms with E-state index in [1.54, 1.807) is 0 Å². The summed E-state index contributed by atoms with van der Waals surface area (Å²) in [6.07, 6.45) is 1.90. The van der Waals surface area contributed by atoms with Gasteiger partial charge in [-0.2, -0.15) is 0 Å². The maximum absolute atomic E-state index is 5.95. The Bertz CT molecular complexity index is 456. The first-order chi connectivity index (χ1) is 8.63. The van der Waals surface area contributed by atoms with Crippen LogP contribution >= 0.6 is 0 Å². The monoisotopic (exact) mass is 247 g/mol. The molecule has 1 heterocycles. The molecule has 18 heavy (non-hydrogen) atoms. The standard InChI is InChI=1S/C14H21N3O/c1-4-9(3)16-14-12(5-2)18-13-8-10(15)6-7-11(13)17-14/h6-9,12H,4-5,15H2,1-3H3,(H,16,17). The minimum Gasteiger partial charge on any atom is -0.480 e. The molecular weight excluding hydrogens is 226 g/mol. The van der Waals surface area contributed by atoms with Crippen LogP contribution in [0.3, 0.4) is 0 Å². The highest BCUT2D eigenvalue weighted by molar-refractivity contribution is 6.02. The number of nitrogen functional groups attached to an aromatic ring is 1. The molecule has 3 N–H and O–H groups in total. The molecule has 0 amide bonds. The maximum atomic E-state index is 5.95. The van der Waals surface area contributed by atoms with Crippen LogP contribution in [0.5, 0.6) is 5.75 Å². The van der Waals surface area contributed by atoms with Crippen molar-refractivity contribution in [2.24, 2.45) is 4.99 Å². The molecule has 1 aromatic rings. The van der Waals surface area contributed by atoms with Gasteiger partial charge in [-0.15, -0.1) is 0 Å². The van der Waals surface area contributed by atoms with Gasteiger partial charge in [-0.25, -0.2) is 0 Å². The van der Waals surface area contributed by atoms with Crippen molar-refractivity contribution in [1.82, 2.24) is 0 Å². The lowest BCUT2D eigenvalue weighted by Gasteiger charge is -2.29. The predicted octanol–water partition coefficient (Wildman–Crippen LogP) is 3.05. The smallest absolute Gasteiger partial charge is 0.155 e. The number of nitrogens with two attached hydrogens (primary N) is 1. The first kappa shape index (κ1) is 12.7. The first-order valence-corrected chi connectivity index (χ1v) is 6.55. The summed E-state index contributed by atoms with van der Waals surface area (Å²) in [7, 11) is 0. The molecule has 0 aromatic heterocycles. The third kappa shape index (κ3) is 2.58. The number of hydrogen-bond donors (Lipinski definition) is 2. The van der Waals surface area contributed by atoms with Gasteiger partial charge in [-0.1, -0.05) is 13.8 Å². The second-order valence-corrected chi connectivity index (χ2v) is 4.67. The van der Waals surface area contributed by atoms with Gasteiger partial charge in [-0.05, 0) is 31.9 Å². The second kappa shape index (κ2) is 5.29. The lowest BCUT2D eigenvalue weighted by atomic mass is 10.1. The van der Waals surface area contributed by atoms with Gasteiger partial charge in [0.05, 0.1) is 5.69 Å². The topological polar surface area (TPSA) is 59.6 Å². The van der Waals surface area contributed by atoms with Crippen LogP contribution in [-0.2, 0) is 0 Å². The summed E-state index contributed by atoms with van der Waals surface area (Å²) >= 11 is 0. The molecule has 0 spiro atoms. The summed E-state index contributed by atoms with van der Waals surface area (Å²) in [6, 6.07) is 5.95. The van der Waals surface area contributed by atoms with Gasteiger partial charge in [0.15, 0.2) is 6.10 Å². The van der Waals surface area contributed by atoms with Crippen LogP contribution in [-0.4, -0.2) is 18.0 Å². The van der Waals surface area contributed by atoms with Crippen LogP contribution in [0.15, 0.2) is 23.2 Å². The van der Waals surface area contributed by atoms with Gasteiger partial charge in [0.2, 0.25) is 0 Å². The molecule has 2 unspecified atom stereocenters. The number of nitrogens with zero attached hydrogens (tertiary/aromatic N) is 1. The predicted molar refractivity (Wildman–Crippen MR) is 76.4 cm³/mol. The van der Waals surface area contributed by atoms with E-state index in [1.165, 1.54) is 0 Å². The van der Waals surface area contributed by atoms with Crippen molar-refractivity contribution >= 4 is 17.2 Å². The van der Waals surface area contributed by atoms with Crippen molar-refractivity contribution < 1.29 is 4.74 Å². The van der Waals surface area contributed by atoms with Crippen LogP contribution in [0, 0.1) is 0 Å². The molecular formula is C14H21N3O. The Morgan fingerprint density at radius 1 is 1.44 bits per heavy atom. The molecule has 2 rings (SSSR count). The Morgan fingerprint density at radius 3 is 2.89 bits per heavy atom. The van der Waals surface area contributed by atoms with Gasteiger partial charge in [0.1, 0.15) is 11.6 Å². The molecule has 0 fully saturated rings. The van der Waals surface area contributed by atoms with E-state index in [2.05, 4.69) is 31.1 Å². The summed E-state index contributed by atoms with van der Waals surface area (Å²) < 4.78 is 5.95. The molecule has 4 heteroatoms. The highest BCUT2D eigenvalue weighted by atomic mass is 16.5. The van der Waals surface area contributed by atoms with Gasteiger partial charge in [0, 0.05) is 17.8 Å². The van der Waals surface area contributed by atoms with E-state index in [-0.39, 0.29) is 6.10 Å². The highest BCUT2D eigenvalue weighted by Gasteiger charge is 2.24. The van der Waals surface area contributed by atoms with E-state index in [4.69, 9.17) is 10.5 Å². The van der Waals surface area contributed by atoms with E-state index in [0.29, 0.717) is 11.7 Å². The Hall–Kier alpha value is -1.71. The molecule has 1 aliphatic rings. The van der Waals surface area contributed by atoms with Crippen LogP contribution < -0.4 is 15.8 Å². The number of rotatable bonds is 3. The summed E-state index contributed by atoms with van der Waals surface area (Å²) in [5.74, 6) is 1.73. The van der Waals surface area contributed by atoms with E-state index in [1.807, 2.05) is 18.2 Å². The fourth-order valence-corrected chi connectivity index (χ4v) is 1.89. The van der Waals surface area contributed by atoms with Crippen molar-refractivity contribution in [2.75, 3.05) is 11.1 Å². The molecule has 0 saturated heterocycles. The zero-order valence-electron chi connectivity index (χ0n) is 11.2. The number of amidine groups is 1. The third-order valence-electron chi connectivity index (χ3n) is 3.16. The molecule has 2 atom stereocenters. The van der Waals surface area contributed by atoms with Crippen molar-refractivity contribution in [3.05, 3.63) is 18.2 Å². The second-order valence-electron chi connectivity index (χ2n) is 4.67. The molecule has 1 aliphatic heterocycles. The average molecular weight is 247 g/mol. The highest BCUT2D eigenvalue weighted by Crippen LogP contribution is 2.32. The summed E-state index contributed by atoms with van der Waals surface area (Å²) in [4.78, 5) is 4.68. The van der Waals surface area contributed by atoms with Crippen LogP contribution in [0.1, 0.15) is 33.6 Å².